The normalized spacial score (nSPS) is 12.4. The Morgan fingerprint density at radius 3 is 2.09 bits per heavy atom. The molecule has 0 saturated heterocycles. The molecule has 3 aromatic carbocycles. The molecule has 3 rings (SSSR count). The van der Waals surface area contributed by atoms with Crippen LogP contribution in [0.1, 0.15) is 39.2 Å². The Bertz CT molecular complexity index is 1620. The van der Waals surface area contributed by atoms with Gasteiger partial charge in [0, 0.05) is 29.7 Å². The van der Waals surface area contributed by atoms with E-state index in [1.54, 1.807) is 43.3 Å². The third kappa shape index (κ3) is 8.35. The molecule has 0 aliphatic heterocycles. The molecule has 0 fully saturated rings. The molecule has 2 atom stereocenters. The molecular formula is C33H42ClN3O8S. The lowest BCUT2D eigenvalue weighted by atomic mass is 10.1. The quantitative estimate of drug-likeness (QED) is 0.217. The van der Waals surface area contributed by atoms with Crippen molar-refractivity contribution in [2.75, 3.05) is 39.3 Å². The number of sulfonamides is 1. The number of carbonyl (C=O) groups is 2. The van der Waals surface area contributed by atoms with E-state index in [0.29, 0.717) is 28.5 Å². The maximum Gasteiger partial charge on any atom is 0.265 e. The number of hydrogen-bond acceptors (Lipinski definition) is 8. The van der Waals surface area contributed by atoms with Gasteiger partial charge in [0.2, 0.25) is 11.8 Å². The molecule has 13 heteroatoms. The highest BCUT2D eigenvalue weighted by molar-refractivity contribution is 7.92. The van der Waals surface area contributed by atoms with Gasteiger partial charge >= 0.3 is 0 Å². The molecule has 0 heterocycles. The highest BCUT2D eigenvalue weighted by Gasteiger charge is 2.36. The van der Waals surface area contributed by atoms with Crippen LogP contribution in [0.3, 0.4) is 0 Å². The molecule has 0 bridgehead atoms. The summed E-state index contributed by atoms with van der Waals surface area (Å²) < 4.78 is 51.5. The number of carbonyl (C=O) groups excluding carboxylic acids is 2. The van der Waals surface area contributed by atoms with Crippen molar-refractivity contribution in [2.24, 2.45) is 0 Å². The molecule has 0 radical (unpaired) electrons. The maximum absolute atomic E-state index is 14.5. The molecule has 0 aromatic heterocycles. The highest BCUT2D eigenvalue weighted by atomic mass is 35.5. The standard InChI is InChI=1S/C33H42ClN3O8S/c1-8-22(3)35-33(39)27(9-2)36(20-23-12-10-11-13-26(23)34)32(38)21-37(28-18-24(42-4)14-16-29(28)43-5)46(40,41)25-15-17-30(44-6)31(19-25)45-7/h10-19,22,27H,8-9,20-21H2,1-7H3,(H,35,39)/t22-,27-/m0/s1. The topological polar surface area (TPSA) is 124 Å². The van der Waals surface area contributed by atoms with E-state index in [4.69, 9.17) is 30.5 Å². The second-order valence-corrected chi connectivity index (χ2v) is 12.7. The van der Waals surface area contributed by atoms with Gasteiger partial charge in [-0.05, 0) is 55.7 Å². The van der Waals surface area contributed by atoms with Crippen LogP contribution in [-0.4, -0.2) is 72.2 Å². The van der Waals surface area contributed by atoms with Gasteiger partial charge < -0.3 is 29.2 Å². The fourth-order valence-corrected chi connectivity index (χ4v) is 6.41. The van der Waals surface area contributed by atoms with Gasteiger partial charge in [0.05, 0.1) is 39.0 Å². The van der Waals surface area contributed by atoms with Gasteiger partial charge in [0.25, 0.3) is 10.0 Å². The zero-order valence-electron chi connectivity index (χ0n) is 27.2. The summed E-state index contributed by atoms with van der Waals surface area (Å²) in [4.78, 5) is 29.2. The molecule has 0 saturated carbocycles. The Morgan fingerprint density at radius 1 is 0.848 bits per heavy atom. The second-order valence-electron chi connectivity index (χ2n) is 10.4. The highest BCUT2D eigenvalue weighted by Crippen LogP contribution is 2.38. The number of amides is 2. The van der Waals surface area contributed by atoms with E-state index in [1.165, 1.54) is 57.6 Å². The lowest BCUT2D eigenvalue weighted by molar-refractivity contribution is -0.140. The molecule has 11 nitrogen and oxygen atoms in total. The predicted molar refractivity (Wildman–Crippen MR) is 178 cm³/mol. The summed E-state index contributed by atoms with van der Waals surface area (Å²) in [5.74, 6) is 0.0260. The molecule has 250 valence electrons. The van der Waals surface area contributed by atoms with E-state index in [1.807, 2.05) is 13.8 Å². The van der Waals surface area contributed by atoms with Crippen LogP contribution in [0.15, 0.2) is 65.6 Å². The van der Waals surface area contributed by atoms with Crippen LogP contribution < -0.4 is 28.6 Å². The van der Waals surface area contributed by atoms with E-state index in [-0.39, 0.29) is 47.0 Å². The first-order valence-corrected chi connectivity index (χ1v) is 16.6. The Hall–Kier alpha value is -4.16. The van der Waals surface area contributed by atoms with Crippen molar-refractivity contribution in [2.45, 2.75) is 57.1 Å². The molecule has 0 aliphatic carbocycles. The number of rotatable bonds is 16. The first-order chi connectivity index (χ1) is 21.9. The summed E-state index contributed by atoms with van der Waals surface area (Å²) in [5, 5.41) is 3.36. The number of anilines is 1. The lowest BCUT2D eigenvalue weighted by Crippen LogP contribution is -2.53. The minimum Gasteiger partial charge on any atom is -0.497 e. The monoisotopic (exact) mass is 675 g/mol. The SMILES string of the molecule is CC[C@H](C)NC(=O)[C@H](CC)N(Cc1ccccc1Cl)C(=O)CN(c1cc(OC)ccc1OC)S(=O)(=O)c1ccc(OC)c(OC)c1. The first kappa shape index (κ1) is 36.3. The van der Waals surface area contributed by atoms with Gasteiger partial charge in [0.1, 0.15) is 24.1 Å². The summed E-state index contributed by atoms with van der Waals surface area (Å²) in [6.07, 6.45) is 0.955. The van der Waals surface area contributed by atoms with Gasteiger partial charge in [-0.2, -0.15) is 0 Å². The van der Waals surface area contributed by atoms with Crippen LogP contribution >= 0.6 is 11.6 Å². The van der Waals surface area contributed by atoms with Crippen molar-refractivity contribution in [3.63, 3.8) is 0 Å². The minimum absolute atomic E-state index is 0.0373. The van der Waals surface area contributed by atoms with Crippen molar-refractivity contribution < 1.29 is 37.0 Å². The summed E-state index contributed by atoms with van der Waals surface area (Å²) >= 11 is 6.49. The van der Waals surface area contributed by atoms with Crippen molar-refractivity contribution >= 4 is 39.1 Å². The van der Waals surface area contributed by atoms with Crippen molar-refractivity contribution in [1.29, 1.82) is 0 Å². The van der Waals surface area contributed by atoms with Crippen molar-refractivity contribution in [3.8, 4) is 23.0 Å². The third-order valence-corrected chi connectivity index (χ3v) is 9.69. The van der Waals surface area contributed by atoms with Crippen LogP contribution in [0.25, 0.3) is 0 Å². The maximum atomic E-state index is 14.5. The number of nitrogens with one attached hydrogen (secondary N) is 1. The zero-order valence-corrected chi connectivity index (χ0v) is 28.8. The Kier molecular flexibility index (Phi) is 13.0. The molecule has 0 aliphatic rings. The fourth-order valence-electron chi connectivity index (χ4n) is 4.78. The van der Waals surface area contributed by atoms with Crippen molar-refractivity contribution in [1.82, 2.24) is 10.2 Å². The van der Waals surface area contributed by atoms with Crippen LogP contribution in [0.4, 0.5) is 5.69 Å². The summed E-state index contributed by atoms with van der Waals surface area (Å²) in [6, 6.07) is 14.7. The molecule has 1 N–H and O–H groups in total. The van der Waals surface area contributed by atoms with Gasteiger partial charge in [-0.1, -0.05) is 43.6 Å². The minimum atomic E-state index is -4.47. The third-order valence-electron chi connectivity index (χ3n) is 7.56. The second kappa shape index (κ2) is 16.4. The molecule has 0 unspecified atom stereocenters. The first-order valence-electron chi connectivity index (χ1n) is 14.8. The van der Waals surface area contributed by atoms with Gasteiger partial charge in [-0.15, -0.1) is 0 Å². The van der Waals surface area contributed by atoms with Gasteiger partial charge in [-0.3, -0.25) is 13.9 Å². The summed E-state index contributed by atoms with van der Waals surface area (Å²) in [5.41, 5.74) is 0.653. The number of ether oxygens (including phenoxy) is 4. The summed E-state index contributed by atoms with van der Waals surface area (Å²) in [6.45, 7) is 4.88. The number of benzene rings is 3. The largest absolute Gasteiger partial charge is 0.497 e. The Balaban J connectivity index is 2.21. The predicted octanol–water partition coefficient (Wildman–Crippen LogP) is 5.29. The number of hydrogen-bond donors (Lipinski definition) is 1. The molecule has 46 heavy (non-hydrogen) atoms. The lowest BCUT2D eigenvalue weighted by Gasteiger charge is -2.34. The van der Waals surface area contributed by atoms with Crippen LogP contribution in [0.2, 0.25) is 5.02 Å². The average Bonchev–Trinajstić information content (AvgIpc) is 3.06. The smallest absolute Gasteiger partial charge is 0.265 e. The van der Waals surface area contributed by atoms with E-state index in [2.05, 4.69) is 5.32 Å². The van der Waals surface area contributed by atoms with Gasteiger partial charge in [0.15, 0.2) is 11.5 Å². The number of nitrogens with zero attached hydrogens (tertiary/aromatic N) is 2. The summed E-state index contributed by atoms with van der Waals surface area (Å²) in [7, 11) is 1.20. The van der Waals surface area contributed by atoms with E-state index >= 15 is 0 Å². The van der Waals surface area contributed by atoms with Crippen LogP contribution in [0, 0.1) is 0 Å². The molecular weight excluding hydrogens is 634 g/mol. The van der Waals surface area contributed by atoms with Gasteiger partial charge in [-0.25, -0.2) is 8.42 Å². The van der Waals surface area contributed by atoms with E-state index in [0.717, 1.165) is 4.31 Å². The average molecular weight is 676 g/mol. The Labute approximate surface area is 276 Å². The number of halogens is 1. The molecule has 0 spiro atoms. The van der Waals surface area contributed by atoms with Crippen LogP contribution in [0.5, 0.6) is 23.0 Å². The zero-order chi connectivity index (χ0) is 34.0. The Morgan fingerprint density at radius 2 is 1.50 bits per heavy atom. The molecule has 2 amide bonds. The van der Waals surface area contributed by atoms with E-state index in [9.17, 15) is 18.0 Å². The number of methoxy groups -OCH3 is 4. The van der Waals surface area contributed by atoms with Crippen molar-refractivity contribution in [3.05, 3.63) is 71.2 Å². The molecule has 3 aromatic rings. The van der Waals surface area contributed by atoms with Crippen LogP contribution in [-0.2, 0) is 26.2 Å². The fraction of sp³-hybridized carbons (Fsp3) is 0.394. The van der Waals surface area contributed by atoms with E-state index < -0.39 is 28.5 Å².